The Labute approximate surface area is 123 Å². The van der Waals surface area contributed by atoms with E-state index in [-0.39, 0.29) is 17.8 Å². The second-order valence-corrected chi connectivity index (χ2v) is 4.96. The summed E-state index contributed by atoms with van der Waals surface area (Å²) < 4.78 is 16.0. The van der Waals surface area contributed by atoms with Crippen LogP contribution < -0.4 is 4.74 Å². The summed E-state index contributed by atoms with van der Waals surface area (Å²) in [6.07, 6.45) is -0.202. The van der Waals surface area contributed by atoms with Crippen LogP contribution in [0.4, 0.5) is 0 Å². The molecule has 1 aromatic carbocycles. The molecule has 1 atom stereocenters. The fourth-order valence-electron chi connectivity index (χ4n) is 2.02. The normalized spacial score (nSPS) is 12.6. The molecule has 0 amide bonds. The molecule has 0 radical (unpaired) electrons. The molecule has 1 unspecified atom stereocenters. The summed E-state index contributed by atoms with van der Waals surface area (Å²) in [6, 6.07) is 4.87. The molecule has 6 heteroatoms. The van der Waals surface area contributed by atoms with Gasteiger partial charge in [0.2, 0.25) is 5.82 Å². The van der Waals surface area contributed by atoms with Gasteiger partial charge in [0, 0.05) is 12.2 Å². The molecule has 0 saturated carbocycles. The minimum absolute atomic E-state index is 0.0652. The van der Waals surface area contributed by atoms with Gasteiger partial charge < -0.3 is 19.1 Å². The lowest BCUT2D eigenvalue weighted by molar-refractivity contribution is 0.0217. The van der Waals surface area contributed by atoms with Crippen molar-refractivity contribution in [3.05, 3.63) is 24.0 Å². The molecule has 1 N–H and O–H groups in total. The molecule has 0 aliphatic rings. The largest absolute Gasteiger partial charge is 0.504 e. The van der Waals surface area contributed by atoms with Crippen molar-refractivity contribution in [1.29, 1.82) is 0 Å². The number of phenolic OH excluding ortho intramolecular Hbond substituents is 1. The molecular weight excluding hydrogens is 272 g/mol. The molecule has 114 valence electrons. The molecule has 1 aromatic heterocycles. The van der Waals surface area contributed by atoms with E-state index in [0.717, 1.165) is 0 Å². The van der Waals surface area contributed by atoms with E-state index in [1.54, 1.807) is 12.1 Å². The number of benzene rings is 1. The zero-order chi connectivity index (χ0) is 15.4. The van der Waals surface area contributed by atoms with Crippen molar-refractivity contribution in [3.8, 4) is 23.0 Å². The number of hydrogen-bond donors (Lipinski definition) is 1. The lowest BCUT2D eigenvalue weighted by atomic mass is 10.1. The maximum Gasteiger partial charge on any atom is 0.258 e. The van der Waals surface area contributed by atoms with E-state index in [9.17, 15) is 5.11 Å². The maximum atomic E-state index is 9.61. The molecule has 2 aromatic rings. The van der Waals surface area contributed by atoms with Gasteiger partial charge in [0.15, 0.2) is 11.5 Å². The Kier molecular flexibility index (Phi) is 4.80. The van der Waals surface area contributed by atoms with Crippen molar-refractivity contribution in [2.45, 2.75) is 26.9 Å². The van der Waals surface area contributed by atoms with Gasteiger partial charge in [0.25, 0.3) is 5.89 Å². The highest BCUT2D eigenvalue weighted by Gasteiger charge is 2.22. The molecule has 0 fully saturated rings. The molecular formula is C15H20N2O4. The first-order chi connectivity index (χ1) is 10.1. The Balaban J connectivity index is 2.30. The molecule has 0 aliphatic heterocycles. The standard InChI is InChI=1S/C15H20N2O4/c1-5-20-13(9(2)3)14-16-15(21-17-14)10-6-7-11(18)12(8-10)19-4/h6-9,13,18H,5H2,1-4H3. The predicted molar refractivity (Wildman–Crippen MR) is 77.2 cm³/mol. The number of methoxy groups -OCH3 is 1. The Bertz CT molecular complexity index is 595. The summed E-state index contributed by atoms with van der Waals surface area (Å²) in [7, 11) is 1.49. The Hall–Kier alpha value is -2.08. The predicted octanol–water partition coefficient (Wildman–Crippen LogP) is 3.18. The van der Waals surface area contributed by atoms with Crippen LogP contribution in [0.5, 0.6) is 11.5 Å². The highest BCUT2D eigenvalue weighted by atomic mass is 16.5. The van der Waals surface area contributed by atoms with Crippen LogP contribution in [0.15, 0.2) is 22.7 Å². The highest BCUT2D eigenvalue weighted by molar-refractivity contribution is 5.59. The molecule has 0 bridgehead atoms. The van der Waals surface area contributed by atoms with Crippen molar-refractivity contribution in [3.63, 3.8) is 0 Å². The number of hydrogen-bond acceptors (Lipinski definition) is 6. The van der Waals surface area contributed by atoms with Gasteiger partial charge in [0.05, 0.1) is 7.11 Å². The van der Waals surface area contributed by atoms with Gasteiger partial charge in [0.1, 0.15) is 6.10 Å². The number of aromatic nitrogens is 2. The van der Waals surface area contributed by atoms with Gasteiger partial charge in [-0.25, -0.2) is 0 Å². The second-order valence-electron chi connectivity index (χ2n) is 4.96. The molecule has 1 heterocycles. The number of phenols is 1. The van der Waals surface area contributed by atoms with E-state index >= 15 is 0 Å². The molecule has 2 rings (SSSR count). The summed E-state index contributed by atoms with van der Waals surface area (Å²) in [5.41, 5.74) is 0.683. The van der Waals surface area contributed by atoms with Gasteiger partial charge in [-0.05, 0) is 31.0 Å². The lowest BCUT2D eigenvalue weighted by Crippen LogP contribution is -2.12. The SMILES string of the molecule is CCOC(c1noc(-c2ccc(O)c(OC)c2)n1)C(C)C. The number of nitrogens with zero attached hydrogens (tertiary/aromatic N) is 2. The molecule has 6 nitrogen and oxygen atoms in total. The lowest BCUT2D eigenvalue weighted by Gasteiger charge is -2.16. The Morgan fingerprint density at radius 3 is 2.71 bits per heavy atom. The van der Waals surface area contributed by atoms with E-state index in [2.05, 4.69) is 10.1 Å². The molecule has 0 saturated heterocycles. The van der Waals surface area contributed by atoms with E-state index in [1.165, 1.54) is 13.2 Å². The Morgan fingerprint density at radius 1 is 1.33 bits per heavy atom. The van der Waals surface area contributed by atoms with Crippen LogP contribution in [0.25, 0.3) is 11.5 Å². The van der Waals surface area contributed by atoms with Crippen LogP contribution in [-0.4, -0.2) is 29.0 Å². The summed E-state index contributed by atoms with van der Waals surface area (Å²) in [5.74, 6) is 1.56. The van der Waals surface area contributed by atoms with Gasteiger partial charge in [-0.3, -0.25) is 0 Å². The highest BCUT2D eigenvalue weighted by Crippen LogP contribution is 2.32. The quantitative estimate of drug-likeness (QED) is 0.881. The average Bonchev–Trinajstić information content (AvgIpc) is 2.94. The van der Waals surface area contributed by atoms with Crippen LogP contribution in [-0.2, 0) is 4.74 Å². The van der Waals surface area contributed by atoms with E-state index in [4.69, 9.17) is 14.0 Å². The first-order valence-electron chi connectivity index (χ1n) is 6.89. The third kappa shape index (κ3) is 3.33. The minimum atomic E-state index is -0.202. The zero-order valence-corrected chi connectivity index (χ0v) is 12.7. The van der Waals surface area contributed by atoms with Crippen molar-refractivity contribution < 1.29 is 19.1 Å². The topological polar surface area (TPSA) is 77.6 Å². The van der Waals surface area contributed by atoms with Crippen molar-refractivity contribution in [1.82, 2.24) is 10.1 Å². The van der Waals surface area contributed by atoms with Crippen molar-refractivity contribution in [2.24, 2.45) is 5.92 Å². The van der Waals surface area contributed by atoms with Crippen LogP contribution in [0.3, 0.4) is 0 Å². The van der Waals surface area contributed by atoms with Gasteiger partial charge in [-0.2, -0.15) is 4.98 Å². The summed E-state index contributed by atoms with van der Waals surface area (Å²) in [5, 5.41) is 13.6. The second kappa shape index (κ2) is 6.58. The fourth-order valence-corrected chi connectivity index (χ4v) is 2.02. The summed E-state index contributed by atoms with van der Waals surface area (Å²) in [4.78, 5) is 4.39. The molecule has 21 heavy (non-hydrogen) atoms. The van der Waals surface area contributed by atoms with E-state index in [1.807, 2.05) is 20.8 Å². The van der Waals surface area contributed by atoms with Gasteiger partial charge in [-0.15, -0.1) is 0 Å². The third-order valence-electron chi connectivity index (χ3n) is 3.07. The van der Waals surface area contributed by atoms with Crippen molar-refractivity contribution >= 4 is 0 Å². The fraction of sp³-hybridized carbons (Fsp3) is 0.467. The van der Waals surface area contributed by atoms with Crippen LogP contribution in [0, 0.1) is 5.92 Å². The van der Waals surface area contributed by atoms with Gasteiger partial charge >= 0.3 is 0 Å². The molecule has 0 aliphatic carbocycles. The van der Waals surface area contributed by atoms with Crippen LogP contribution in [0.1, 0.15) is 32.7 Å². The summed E-state index contributed by atoms with van der Waals surface area (Å²) in [6.45, 7) is 6.60. The van der Waals surface area contributed by atoms with E-state index in [0.29, 0.717) is 29.6 Å². The first kappa shape index (κ1) is 15.3. The monoisotopic (exact) mass is 292 g/mol. The smallest absolute Gasteiger partial charge is 0.258 e. The maximum absolute atomic E-state index is 9.61. The van der Waals surface area contributed by atoms with Crippen molar-refractivity contribution in [2.75, 3.05) is 13.7 Å². The van der Waals surface area contributed by atoms with E-state index < -0.39 is 0 Å². The van der Waals surface area contributed by atoms with Crippen LogP contribution >= 0.6 is 0 Å². The number of rotatable bonds is 6. The molecule has 0 spiro atoms. The van der Waals surface area contributed by atoms with Gasteiger partial charge in [-0.1, -0.05) is 19.0 Å². The first-order valence-corrected chi connectivity index (χ1v) is 6.89. The minimum Gasteiger partial charge on any atom is -0.504 e. The van der Waals surface area contributed by atoms with Crippen LogP contribution in [0.2, 0.25) is 0 Å². The number of aromatic hydroxyl groups is 1. The average molecular weight is 292 g/mol. The zero-order valence-electron chi connectivity index (χ0n) is 12.7. The third-order valence-corrected chi connectivity index (χ3v) is 3.07. The Morgan fingerprint density at radius 2 is 2.10 bits per heavy atom. The number of ether oxygens (including phenoxy) is 2. The summed E-state index contributed by atoms with van der Waals surface area (Å²) >= 11 is 0.